The molecule has 98 valence electrons. The molecule has 0 saturated heterocycles. The molecule has 0 bridgehead atoms. The first-order valence-electron chi connectivity index (χ1n) is 5.74. The number of carbonyl (C=O) groups is 1. The van der Waals surface area contributed by atoms with Gasteiger partial charge in [-0.05, 0) is 41.1 Å². The first kappa shape index (κ1) is 13.5. The average Bonchev–Trinajstić information content (AvgIpc) is 2.41. The molecule has 2 rings (SSSR count). The number of amides is 1. The van der Waals surface area contributed by atoms with E-state index >= 15 is 0 Å². The van der Waals surface area contributed by atoms with Crippen LogP contribution in [0.15, 0.2) is 45.9 Å². The topological polar surface area (TPSA) is 64.0 Å². The first-order chi connectivity index (χ1) is 9.11. The Morgan fingerprint density at radius 2 is 2.21 bits per heavy atom. The minimum Gasteiger partial charge on any atom is -0.319 e. The van der Waals surface area contributed by atoms with Crippen molar-refractivity contribution in [1.82, 2.24) is 9.55 Å². The van der Waals surface area contributed by atoms with Crippen LogP contribution in [0, 0.1) is 0 Å². The highest BCUT2D eigenvalue weighted by Crippen LogP contribution is 2.15. The van der Waals surface area contributed by atoms with E-state index in [9.17, 15) is 9.59 Å². The van der Waals surface area contributed by atoms with E-state index < -0.39 is 0 Å². The highest BCUT2D eigenvalue weighted by molar-refractivity contribution is 9.10. The number of halogens is 1. The Morgan fingerprint density at radius 1 is 1.42 bits per heavy atom. The van der Waals surface area contributed by atoms with Crippen molar-refractivity contribution in [2.75, 3.05) is 5.32 Å². The lowest BCUT2D eigenvalue weighted by atomic mass is 10.3. The fourth-order valence-electron chi connectivity index (χ4n) is 1.60. The number of nitrogens with zero attached hydrogens (tertiary/aromatic N) is 2. The highest BCUT2D eigenvalue weighted by Gasteiger charge is 2.11. The monoisotopic (exact) mass is 321 g/mol. The molecule has 0 aliphatic heterocycles. The number of aryl methyl sites for hydroxylation is 1. The Labute approximate surface area is 118 Å². The Morgan fingerprint density at radius 3 is 2.89 bits per heavy atom. The zero-order chi connectivity index (χ0) is 13.8. The third kappa shape index (κ3) is 3.08. The third-order valence-electron chi connectivity index (χ3n) is 2.56. The minimum absolute atomic E-state index is 0.0977. The van der Waals surface area contributed by atoms with Gasteiger partial charge in [-0.15, -0.1) is 0 Å². The van der Waals surface area contributed by atoms with E-state index in [0.29, 0.717) is 22.4 Å². The van der Waals surface area contributed by atoms with Gasteiger partial charge in [-0.2, -0.15) is 0 Å². The van der Waals surface area contributed by atoms with E-state index in [1.165, 1.54) is 10.6 Å². The van der Waals surface area contributed by atoms with Crippen molar-refractivity contribution in [3.05, 3.63) is 57.2 Å². The number of carbonyl (C=O) groups excluding carboxylic acids is 1. The minimum atomic E-state index is -0.325. The fraction of sp³-hybridized carbons (Fsp3) is 0.154. The summed E-state index contributed by atoms with van der Waals surface area (Å²) >= 11 is 3.27. The summed E-state index contributed by atoms with van der Waals surface area (Å²) in [5.41, 5.74) is 0.764. The van der Waals surface area contributed by atoms with Crippen molar-refractivity contribution >= 4 is 27.5 Å². The van der Waals surface area contributed by atoms with Crippen LogP contribution in [-0.4, -0.2) is 15.5 Å². The summed E-state index contributed by atoms with van der Waals surface area (Å²) in [5, 5.41) is 2.71. The van der Waals surface area contributed by atoms with Crippen LogP contribution < -0.4 is 10.9 Å². The molecule has 1 N–H and O–H groups in total. The summed E-state index contributed by atoms with van der Waals surface area (Å²) in [6.45, 7) is 2.41. The number of anilines is 1. The van der Waals surface area contributed by atoms with E-state index in [1.807, 2.05) is 6.92 Å². The predicted octanol–water partition coefficient (Wildman–Crippen LogP) is 2.28. The van der Waals surface area contributed by atoms with Crippen LogP contribution in [0.1, 0.15) is 17.4 Å². The second kappa shape index (κ2) is 5.79. The molecule has 2 aromatic heterocycles. The van der Waals surface area contributed by atoms with Crippen LogP contribution in [0.2, 0.25) is 0 Å². The number of hydrogen-bond acceptors (Lipinski definition) is 3. The average molecular weight is 322 g/mol. The van der Waals surface area contributed by atoms with Crippen LogP contribution in [-0.2, 0) is 6.54 Å². The van der Waals surface area contributed by atoms with Crippen molar-refractivity contribution in [3.63, 3.8) is 0 Å². The zero-order valence-corrected chi connectivity index (χ0v) is 11.8. The SMILES string of the molecule is CCn1cc(NC(=O)c2ncccc2Br)ccc1=O. The van der Waals surface area contributed by atoms with Crippen LogP contribution in [0.25, 0.3) is 0 Å². The highest BCUT2D eigenvalue weighted by atomic mass is 79.9. The van der Waals surface area contributed by atoms with Crippen LogP contribution in [0.4, 0.5) is 5.69 Å². The van der Waals surface area contributed by atoms with Gasteiger partial charge >= 0.3 is 0 Å². The fourth-order valence-corrected chi connectivity index (χ4v) is 2.03. The maximum absolute atomic E-state index is 12.0. The van der Waals surface area contributed by atoms with Gasteiger partial charge in [0, 0.05) is 29.5 Å². The normalized spacial score (nSPS) is 10.2. The summed E-state index contributed by atoms with van der Waals surface area (Å²) in [6, 6.07) is 6.48. The smallest absolute Gasteiger partial charge is 0.275 e. The van der Waals surface area contributed by atoms with Crippen molar-refractivity contribution in [3.8, 4) is 0 Å². The third-order valence-corrected chi connectivity index (χ3v) is 3.20. The lowest BCUT2D eigenvalue weighted by Crippen LogP contribution is -2.20. The first-order valence-corrected chi connectivity index (χ1v) is 6.53. The maximum atomic E-state index is 12.0. The van der Waals surface area contributed by atoms with Crippen molar-refractivity contribution in [1.29, 1.82) is 0 Å². The van der Waals surface area contributed by atoms with Crippen molar-refractivity contribution in [2.24, 2.45) is 0 Å². The molecule has 6 heteroatoms. The molecule has 0 spiro atoms. The van der Waals surface area contributed by atoms with Gasteiger partial charge in [-0.1, -0.05) is 0 Å². The molecule has 2 heterocycles. The van der Waals surface area contributed by atoms with Gasteiger partial charge in [0.25, 0.3) is 11.5 Å². The molecule has 0 aliphatic rings. The Balaban J connectivity index is 2.24. The molecule has 0 atom stereocenters. The molecule has 19 heavy (non-hydrogen) atoms. The molecular formula is C13H12BrN3O2. The number of hydrogen-bond donors (Lipinski definition) is 1. The molecule has 1 amide bonds. The number of pyridine rings is 2. The molecule has 0 fully saturated rings. The standard InChI is InChI=1S/C13H12BrN3O2/c1-2-17-8-9(5-6-11(17)18)16-13(19)12-10(14)4-3-7-15-12/h3-8H,2H2,1H3,(H,16,19). The second-order valence-corrected chi connectivity index (χ2v) is 4.68. The van der Waals surface area contributed by atoms with Crippen molar-refractivity contribution in [2.45, 2.75) is 13.5 Å². The van der Waals surface area contributed by atoms with E-state index in [0.717, 1.165) is 0 Å². The van der Waals surface area contributed by atoms with Gasteiger partial charge in [0.2, 0.25) is 0 Å². The van der Waals surface area contributed by atoms with E-state index in [2.05, 4.69) is 26.2 Å². The summed E-state index contributed by atoms with van der Waals surface area (Å²) in [6.07, 6.45) is 3.16. The lowest BCUT2D eigenvalue weighted by Gasteiger charge is -2.08. The van der Waals surface area contributed by atoms with E-state index in [-0.39, 0.29) is 11.5 Å². The van der Waals surface area contributed by atoms with Gasteiger partial charge in [-0.3, -0.25) is 9.59 Å². The Kier molecular flexibility index (Phi) is 4.11. The summed E-state index contributed by atoms with van der Waals surface area (Å²) in [7, 11) is 0. The molecule has 0 unspecified atom stereocenters. The van der Waals surface area contributed by atoms with Crippen LogP contribution in [0.3, 0.4) is 0 Å². The van der Waals surface area contributed by atoms with Gasteiger partial charge in [0.1, 0.15) is 5.69 Å². The molecular weight excluding hydrogens is 310 g/mol. The molecule has 0 radical (unpaired) electrons. The molecule has 0 saturated carbocycles. The van der Waals surface area contributed by atoms with Crippen LogP contribution in [0.5, 0.6) is 0 Å². The predicted molar refractivity (Wildman–Crippen MR) is 76.3 cm³/mol. The molecule has 0 aliphatic carbocycles. The van der Waals surface area contributed by atoms with E-state index in [4.69, 9.17) is 0 Å². The molecule has 2 aromatic rings. The number of aromatic nitrogens is 2. The second-order valence-electron chi connectivity index (χ2n) is 3.83. The summed E-state index contributed by atoms with van der Waals surface area (Å²) < 4.78 is 2.14. The molecule has 5 nitrogen and oxygen atoms in total. The van der Waals surface area contributed by atoms with Crippen molar-refractivity contribution < 1.29 is 4.79 Å². The maximum Gasteiger partial charge on any atom is 0.275 e. The largest absolute Gasteiger partial charge is 0.319 e. The summed E-state index contributed by atoms with van der Waals surface area (Å²) in [4.78, 5) is 27.5. The number of rotatable bonds is 3. The van der Waals surface area contributed by atoms with Gasteiger partial charge in [0.05, 0.1) is 5.69 Å². The van der Waals surface area contributed by atoms with Gasteiger partial charge in [-0.25, -0.2) is 4.98 Å². The van der Waals surface area contributed by atoms with E-state index in [1.54, 1.807) is 30.6 Å². The molecule has 0 aromatic carbocycles. The van der Waals surface area contributed by atoms with Gasteiger partial charge < -0.3 is 9.88 Å². The Bertz CT molecular complexity index is 667. The quantitative estimate of drug-likeness (QED) is 0.943. The van der Waals surface area contributed by atoms with Crippen LogP contribution >= 0.6 is 15.9 Å². The summed E-state index contributed by atoms with van der Waals surface area (Å²) in [5.74, 6) is -0.325. The lowest BCUT2D eigenvalue weighted by molar-refractivity contribution is 0.102. The number of nitrogens with one attached hydrogen (secondary N) is 1. The van der Waals surface area contributed by atoms with Gasteiger partial charge in [0.15, 0.2) is 0 Å². The zero-order valence-electron chi connectivity index (χ0n) is 10.3. The Hall–Kier alpha value is -1.95.